The summed E-state index contributed by atoms with van der Waals surface area (Å²) in [6, 6.07) is 5.63. The summed E-state index contributed by atoms with van der Waals surface area (Å²) in [5.74, 6) is 1.15. The number of hydrogen-bond acceptors (Lipinski definition) is 5. The number of hydrogen-bond donors (Lipinski definition) is 1. The SMILES string of the molecule is C/C=C\c1ccc(OCC(=O)N2CCN(C[C@H](C)O)CC2)c(OC)c1. The maximum absolute atomic E-state index is 12.4. The molecule has 1 heterocycles. The van der Waals surface area contributed by atoms with Crippen LogP contribution in [0.25, 0.3) is 6.08 Å². The summed E-state index contributed by atoms with van der Waals surface area (Å²) in [5, 5.41) is 9.43. The molecule has 1 aromatic rings. The highest BCUT2D eigenvalue weighted by Crippen LogP contribution is 2.28. The number of carbonyl (C=O) groups is 1. The van der Waals surface area contributed by atoms with E-state index in [1.165, 1.54) is 0 Å². The molecule has 1 N–H and O–H groups in total. The van der Waals surface area contributed by atoms with Gasteiger partial charge in [-0.15, -0.1) is 0 Å². The standard InChI is InChI=1S/C19H28N2O4/c1-4-5-16-6-7-17(18(12-16)24-3)25-14-19(23)21-10-8-20(9-11-21)13-15(2)22/h4-7,12,15,22H,8-11,13-14H2,1-3H3/b5-4-/t15-/m0/s1. The molecule has 0 saturated carbocycles. The van der Waals surface area contributed by atoms with Gasteiger partial charge < -0.3 is 19.5 Å². The Bertz CT molecular complexity index is 593. The summed E-state index contributed by atoms with van der Waals surface area (Å²) in [7, 11) is 1.59. The zero-order valence-electron chi connectivity index (χ0n) is 15.3. The maximum atomic E-state index is 12.4. The van der Waals surface area contributed by atoms with E-state index in [1.807, 2.05) is 37.3 Å². The summed E-state index contributed by atoms with van der Waals surface area (Å²) in [4.78, 5) is 16.3. The lowest BCUT2D eigenvalue weighted by Crippen LogP contribution is -2.51. The Morgan fingerprint density at radius 2 is 2.00 bits per heavy atom. The maximum Gasteiger partial charge on any atom is 0.260 e. The molecule has 1 aliphatic rings. The molecule has 2 rings (SSSR count). The molecule has 1 aliphatic heterocycles. The molecule has 25 heavy (non-hydrogen) atoms. The number of methoxy groups -OCH3 is 1. The van der Waals surface area contributed by atoms with Crippen LogP contribution in [0.3, 0.4) is 0 Å². The minimum Gasteiger partial charge on any atom is -0.493 e. The van der Waals surface area contributed by atoms with Crippen molar-refractivity contribution in [1.82, 2.24) is 9.80 Å². The quantitative estimate of drug-likeness (QED) is 0.812. The number of rotatable bonds is 7. The molecule has 6 nitrogen and oxygen atoms in total. The Balaban J connectivity index is 1.86. The lowest BCUT2D eigenvalue weighted by atomic mass is 10.2. The van der Waals surface area contributed by atoms with Crippen LogP contribution in [-0.2, 0) is 4.79 Å². The fraction of sp³-hybridized carbons (Fsp3) is 0.526. The normalized spacial score (nSPS) is 16.9. The molecule has 1 atom stereocenters. The number of piperazine rings is 1. The third-order valence-corrected chi connectivity index (χ3v) is 4.15. The molecule has 0 spiro atoms. The predicted octanol–water partition coefficient (Wildman–Crippen LogP) is 1.63. The molecule has 1 aromatic carbocycles. The number of benzene rings is 1. The first kappa shape index (κ1) is 19.3. The number of ether oxygens (including phenoxy) is 2. The molecule has 0 aromatic heterocycles. The average Bonchev–Trinajstić information content (AvgIpc) is 2.60. The first-order valence-corrected chi connectivity index (χ1v) is 8.65. The molecule has 0 bridgehead atoms. The highest BCUT2D eigenvalue weighted by molar-refractivity contribution is 5.78. The van der Waals surface area contributed by atoms with Crippen molar-refractivity contribution in [3.63, 3.8) is 0 Å². The van der Waals surface area contributed by atoms with Crippen LogP contribution in [0.1, 0.15) is 19.4 Å². The Hall–Kier alpha value is -2.05. The van der Waals surface area contributed by atoms with Crippen molar-refractivity contribution in [1.29, 1.82) is 0 Å². The lowest BCUT2D eigenvalue weighted by molar-refractivity contribution is -0.135. The molecular weight excluding hydrogens is 320 g/mol. The molecule has 6 heteroatoms. The van der Waals surface area contributed by atoms with Crippen molar-refractivity contribution in [2.45, 2.75) is 20.0 Å². The number of β-amino-alcohol motifs (C(OH)–C–C–N with tert-alkyl or cyclic N) is 1. The van der Waals surface area contributed by atoms with Crippen molar-refractivity contribution in [3.05, 3.63) is 29.8 Å². The lowest BCUT2D eigenvalue weighted by Gasteiger charge is -2.35. The highest BCUT2D eigenvalue weighted by atomic mass is 16.5. The van der Waals surface area contributed by atoms with E-state index < -0.39 is 0 Å². The monoisotopic (exact) mass is 348 g/mol. The molecular formula is C19H28N2O4. The molecule has 138 valence electrons. The van der Waals surface area contributed by atoms with E-state index >= 15 is 0 Å². The third-order valence-electron chi connectivity index (χ3n) is 4.15. The summed E-state index contributed by atoms with van der Waals surface area (Å²) < 4.78 is 11.0. The van der Waals surface area contributed by atoms with E-state index in [1.54, 1.807) is 18.9 Å². The van der Waals surface area contributed by atoms with Crippen LogP contribution in [0.15, 0.2) is 24.3 Å². The van der Waals surface area contributed by atoms with Crippen LogP contribution < -0.4 is 9.47 Å². The Morgan fingerprint density at radius 1 is 1.28 bits per heavy atom. The fourth-order valence-electron chi connectivity index (χ4n) is 2.88. The molecule has 0 radical (unpaired) electrons. The summed E-state index contributed by atoms with van der Waals surface area (Å²) in [6.07, 6.45) is 3.59. The van der Waals surface area contributed by atoms with E-state index in [0.717, 1.165) is 18.7 Å². The van der Waals surface area contributed by atoms with E-state index in [2.05, 4.69) is 4.90 Å². The second kappa shape index (κ2) is 9.44. The van der Waals surface area contributed by atoms with Crippen molar-refractivity contribution in [2.75, 3.05) is 46.4 Å². The van der Waals surface area contributed by atoms with Gasteiger partial charge in [0.25, 0.3) is 5.91 Å². The Morgan fingerprint density at radius 3 is 2.60 bits per heavy atom. The van der Waals surface area contributed by atoms with Gasteiger partial charge in [0.1, 0.15) is 0 Å². The van der Waals surface area contributed by atoms with E-state index in [9.17, 15) is 9.90 Å². The van der Waals surface area contributed by atoms with Gasteiger partial charge in [0, 0.05) is 32.7 Å². The second-order valence-corrected chi connectivity index (χ2v) is 6.23. The van der Waals surface area contributed by atoms with Gasteiger partial charge in [0.05, 0.1) is 13.2 Å². The van der Waals surface area contributed by atoms with Crippen molar-refractivity contribution >= 4 is 12.0 Å². The zero-order chi connectivity index (χ0) is 18.2. The predicted molar refractivity (Wildman–Crippen MR) is 97.9 cm³/mol. The molecule has 1 saturated heterocycles. The first-order valence-electron chi connectivity index (χ1n) is 8.65. The van der Waals surface area contributed by atoms with Gasteiger partial charge in [0.15, 0.2) is 18.1 Å². The van der Waals surface area contributed by atoms with Crippen LogP contribution in [0.2, 0.25) is 0 Å². The molecule has 0 aliphatic carbocycles. The van der Waals surface area contributed by atoms with Crippen molar-refractivity contribution in [3.8, 4) is 11.5 Å². The zero-order valence-corrected chi connectivity index (χ0v) is 15.3. The summed E-state index contributed by atoms with van der Waals surface area (Å²) >= 11 is 0. The summed E-state index contributed by atoms with van der Waals surface area (Å²) in [5.41, 5.74) is 1.02. The number of allylic oxidation sites excluding steroid dienone is 1. The van der Waals surface area contributed by atoms with E-state index in [0.29, 0.717) is 31.1 Å². The molecule has 0 unspecified atom stereocenters. The number of nitrogens with zero attached hydrogens (tertiary/aromatic N) is 2. The van der Waals surface area contributed by atoms with Crippen LogP contribution in [0.4, 0.5) is 0 Å². The van der Waals surface area contributed by atoms with Gasteiger partial charge in [-0.25, -0.2) is 0 Å². The largest absolute Gasteiger partial charge is 0.493 e. The van der Waals surface area contributed by atoms with Gasteiger partial charge in [-0.05, 0) is 31.5 Å². The number of aliphatic hydroxyl groups is 1. The van der Waals surface area contributed by atoms with E-state index in [4.69, 9.17) is 9.47 Å². The summed E-state index contributed by atoms with van der Waals surface area (Å²) in [6.45, 7) is 7.25. The van der Waals surface area contributed by atoms with Crippen molar-refractivity contribution in [2.24, 2.45) is 0 Å². The van der Waals surface area contributed by atoms with Gasteiger partial charge >= 0.3 is 0 Å². The smallest absolute Gasteiger partial charge is 0.260 e. The number of amides is 1. The minimum atomic E-state index is -0.344. The van der Waals surface area contributed by atoms with Gasteiger partial charge in [-0.3, -0.25) is 9.69 Å². The highest BCUT2D eigenvalue weighted by Gasteiger charge is 2.22. The average molecular weight is 348 g/mol. The fourth-order valence-corrected chi connectivity index (χ4v) is 2.88. The third kappa shape index (κ3) is 5.76. The Kier molecular flexibility index (Phi) is 7.28. The molecule has 1 amide bonds. The van der Waals surface area contributed by atoms with Crippen LogP contribution in [-0.4, -0.2) is 73.4 Å². The number of aliphatic hydroxyl groups excluding tert-OH is 1. The molecule has 1 fully saturated rings. The van der Waals surface area contributed by atoms with Gasteiger partial charge in [-0.2, -0.15) is 0 Å². The topological polar surface area (TPSA) is 62.2 Å². The van der Waals surface area contributed by atoms with Gasteiger partial charge in [-0.1, -0.05) is 18.2 Å². The van der Waals surface area contributed by atoms with Crippen LogP contribution in [0, 0.1) is 0 Å². The second-order valence-electron chi connectivity index (χ2n) is 6.23. The van der Waals surface area contributed by atoms with Crippen LogP contribution >= 0.6 is 0 Å². The van der Waals surface area contributed by atoms with E-state index in [-0.39, 0.29) is 18.6 Å². The minimum absolute atomic E-state index is 0.00424. The van der Waals surface area contributed by atoms with Gasteiger partial charge in [0.2, 0.25) is 0 Å². The number of carbonyl (C=O) groups excluding carboxylic acids is 1. The van der Waals surface area contributed by atoms with Crippen LogP contribution in [0.5, 0.6) is 11.5 Å². The van der Waals surface area contributed by atoms with Crippen molar-refractivity contribution < 1.29 is 19.4 Å². The Labute approximate surface area is 149 Å². The first-order chi connectivity index (χ1) is 12.0.